The Bertz CT molecular complexity index is 535. The minimum Gasteiger partial charge on any atom is -0.356 e. The van der Waals surface area contributed by atoms with Crippen LogP contribution in [0.1, 0.15) is 30.1 Å². The third-order valence-corrected chi connectivity index (χ3v) is 5.75. The van der Waals surface area contributed by atoms with Crippen LogP contribution in [-0.4, -0.2) is 42.1 Å². The molecule has 2 unspecified atom stereocenters. The van der Waals surface area contributed by atoms with Gasteiger partial charge in [-0.05, 0) is 18.4 Å². The molecule has 2 atom stereocenters. The van der Waals surface area contributed by atoms with Gasteiger partial charge in [-0.15, -0.1) is 0 Å². The van der Waals surface area contributed by atoms with Gasteiger partial charge in [0.15, 0.2) is 0 Å². The predicted molar refractivity (Wildman–Crippen MR) is 88.6 cm³/mol. The van der Waals surface area contributed by atoms with Crippen LogP contribution in [0.15, 0.2) is 30.3 Å². The summed E-state index contributed by atoms with van der Waals surface area (Å²) in [6, 6.07) is 10.5. The summed E-state index contributed by atoms with van der Waals surface area (Å²) in [6.07, 6.45) is 2.11. The molecular formula is C17H22N2O2S. The van der Waals surface area contributed by atoms with Gasteiger partial charge in [-0.2, -0.15) is 11.8 Å². The maximum absolute atomic E-state index is 12.6. The van der Waals surface area contributed by atoms with E-state index in [1.807, 2.05) is 22.7 Å². The minimum atomic E-state index is -0.118. The van der Waals surface area contributed by atoms with Crippen LogP contribution in [0.5, 0.6) is 0 Å². The number of hydrogen-bond donors (Lipinski definition) is 1. The summed E-state index contributed by atoms with van der Waals surface area (Å²) >= 11 is 1.93. The number of piperidine rings is 1. The van der Waals surface area contributed by atoms with Crippen LogP contribution in [0, 0.1) is 5.92 Å². The molecule has 2 aliphatic heterocycles. The Kier molecular flexibility index (Phi) is 5.03. The van der Waals surface area contributed by atoms with E-state index >= 15 is 0 Å². The first-order valence-corrected chi connectivity index (χ1v) is 9.01. The van der Waals surface area contributed by atoms with Crippen LogP contribution in [-0.2, 0) is 9.59 Å². The van der Waals surface area contributed by atoms with E-state index in [1.165, 1.54) is 5.56 Å². The molecule has 2 fully saturated rings. The van der Waals surface area contributed by atoms with Gasteiger partial charge in [-0.25, -0.2) is 0 Å². The highest BCUT2D eigenvalue weighted by Crippen LogP contribution is 2.34. The van der Waals surface area contributed by atoms with E-state index in [9.17, 15) is 9.59 Å². The van der Waals surface area contributed by atoms with E-state index in [4.69, 9.17) is 0 Å². The van der Waals surface area contributed by atoms with Crippen LogP contribution >= 0.6 is 11.8 Å². The molecule has 118 valence electrons. The van der Waals surface area contributed by atoms with Crippen molar-refractivity contribution in [1.29, 1.82) is 0 Å². The normalized spacial score (nSPS) is 26.2. The van der Waals surface area contributed by atoms with Crippen molar-refractivity contribution in [2.45, 2.75) is 24.5 Å². The number of amides is 2. The Balaban J connectivity index is 1.60. The minimum absolute atomic E-state index is 0.0101. The highest BCUT2D eigenvalue weighted by molar-refractivity contribution is 7.99. The topological polar surface area (TPSA) is 49.4 Å². The molecule has 2 heterocycles. The lowest BCUT2D eigenvalue weighted by molar-refractivity contribution is -0.139. The number of benzene rings is 1. The molecule has 0 saturated carbocycles. The molecule has 2 aliphatic rings. The number of rotatable bonds is 2. The predicted octanol–water partition coefficient (Wildman–Crippen LogP) is 2.22. The lowest BCUT2D eigenvalue weighted by Crippen LogP contribution is -2.43. The molecule has 2 amide bonds. The second-order valence-electron chi connectivity index (χ2n) is 5.92. The lowest BCUT2D eigenvalue weighted by Gasteiger charge is -2.28. The van der Waals surface area contributed by atoms with Gasteiger partial charge in [0.05, 0.1) is 0 Å². The maximum Gasteiger partial charge on any atom is 0.226 e. The van der Waals surface area contributed by atoms with Gasteiger partial charge in [0.2, 0.25) is 11.8 Å². The van der Waals surface area contributed by atoms with E-state index in [0.29, 0.717) is 18.2 Å². The van der Waals surface area contributed by atoms with E-state index in [0.717, 1.165) is 31.7 Å². The quantitative estimate of drug-likeness (QED) is 0.909. The fraction of sp³-hybridized carbons (Fsp3) is 0.529. The molecule has 2 saturated heterocycles. The summed E-state index contributed by atoms with van der Waals surface area (Å²) in [4.78, 5) is 26.1. The fourth-order valence-corrected chi connectivity index (χ4v) is 4.41. The van der Waals surface area contributed by atoms with Gasteiger partial charge in [-0.3, -0.25) is 9.59 Å². The van der Waals surface area contributed by atoms with Crippen LogP contribution < -0.4 is 5.32 Å². The summed E-state index contributed by atoms with van der Waals surface area (Å²) in [5.74, 6) is 1.02. The number of hydrogen-bond acceptors (Lipinski definition) is 3. The zero-order valence-corrected chi connectivity index (χ0v) is 13.5. The summed E-state index contributed by atoms with van der Waals surface area (Å²) in [5.41, 5.74) is 1.35. The van der Waals surface area contributed by atoms with Crippen LogP contribution in [0.2, 0.25) is 0 Å². The molecule has 0 aliphatic carbocycles. The molecule has 3 rings (SSSR count). The summed E-state index contributed by atoms with van der Waals surface area (Å²) < 4.78 is 0. The number of thioether (sulfide) groups is 1. The van der Waals surface area contributed by atoms with Crippen molar-refractivity contribution < 1.29 is 9.59 Å². The Morgan fingerprint density at radius 3 is 2.77 bits per heavy atom. The van der Waals surface area contributed by atoms with E-state index < -0.39 is 0 Å². The second kappa shape index (κ2) is 7.18. The number of nitrogens with one attached hydrogen (secondary N) is 1. The van der Waals surface area contributed by atoms with Crippen molar-refractivity contribution in [3.8, 4) is 0 Å². The largest absolute Gasteiger partial charge is 0.356 e. The summed E-state index contributed by atoms with van der Waals surface area (Å²) in [5, 5.41) is 3.26. The molecule has 1 aromatic rings. The average molecular weight is 318 g/mol. The van der Waals surface area contributed by atoms with Crippen molar-refractivity contribution in [3.05, 3.63) is 35.9 Å². The number of carbonyl (C=O) groups excluding carboxylic acids is 2. The van der Waals surface area contributed by atoms with Crippen LogP contribution in [0.4, 0.5) is 0 Å². The highest BCUT2D eigenvalue weighted by atomic mass is 32.2. The zero-order valence-electron chi connectivity index (χ0n) is 12.7. The van der Waals surface area contributed by atoms with Gasteiger partial charge < -0.3 is 10.2 Å². The molecule has 5 heteroatoms. The molecule has 0 radical (unpaired) electrons. The van der Waals surface area contributed by atoms with Crippen molar-refractivity contribution in [2.75, 3.05) is 25.4 Å². The Morgan fingerprint density at radius 1 is 1.18 bits per heavy atom. The third-order valence-electron chi connectivity index (χ3n) is 4.42. The van der Waals surface area contributed by atoms with Gasteiger partial charge in [0, 0.05) is 43.0 Å². The third kappa shape index (κ3) is 3.64. The molecule has 0 spiro atoms. The summed E-state index contributed by atoms with van der Waals surface area (Å²) in [6.45, 7) is 2.22. The zero-order chi connectivity index (χ0) is 15.4. The first-order valence-electron chi connectivity index (χ1n) is 7.96. The molecule has 4 nitrogen and oxygen atoms in total. The Morgan fingerprint density at radius 2 is 2.00 bits per heavy atom. The first kappa shape index (κ1) is 15.4. The van der Waals surface area contributed by atoms with Crippen LogP contribution in [0.25, 0.3) is 0 Å². The van der Waals surface area contributed by atoms with Crippen LogP contribution in [0.3, 0.4) is 0 Å². The number of nitrogens with zero attached hydrogens (tertiary/aromatic N) is 1. The van der Waals surface area contributed by atoms with Gasteiger partial charge in [0.1, 0.15) is 0 Å². The van der Waals surface area contributed by atoms with Gasteiger partial charge in [-0.1, -0.05) is 30.3 Å². The highest BCUT2D eigenvalue weighted by Gasteiger charge is 2.30. The van der Waals surface area contributed by atoms with E-state index in [1.54, 1.807) is 0 Å². The lowest BCUT2D eigenvalue weighted by atomic mass is 9.96. The molecular weight excluding hydrogens is 296 g/mol. The van der Waals surface area contributed by atoms with Gasteiger partial charge >= 0.3 is 0 Å². The SMILES string of the molecule is O=C1CC(C(=O)N2CCSC(c3ccccc3)CC2)CCN1. The maximum atomic E-state index is 12.6. The van der Waals surface area contributed by atoms with Crippen molar-refractivity contribution in [1.82, 2.24) is 10.2 Å². The number of carbonyl (C=O) groups is 2. The smallest absolute Gasteiger partial charge is 0.226 e. The summed E-state index contributed by atoms with van der Waals surface area (Å²) in [7, 11) is 0. The molecule has 0 bridgehead atoms. The fourth-order valence-electron chi connectivity index (χ4n) is 3.18. The van der Waals surface area contributed by atoms with Crippen molar-refractivity contribution in [3.63, 3.8) is 0 Å². The molecule has 22 heavy (non-hydrogen) atoms. The first-order chi connectivity index (χ1) is 10.7. The van der Waals surface area contributed by atoms with E-state index in [-0.39, 0.29) is 17.7 Å². The van der Waals surface area contributed by atoms with Crippen molar-refractivity contribution >= 4 is 23.6 Å². The van der Waals surface area contributed by atoms with Gasteiger partial charge in [0.25, 0.3) is 0 Å². The second-order valence-corrected chi connectivity index (χ2v) is 7.23. The van der Waals surface area contributed by atoms with Crippen molar-refractivity contribution in [2.24, 2.45) is 5.92 Å². The monoisotopic (exact) mass is 318 g/mol. The van der Waals surface area contributed by atoms with E-state index in [2.05, 4.69) is 29.6 Å². The molecule has 1 aromatic carbocycles. The Labute approximate surface area is 135 Å². The Hall–Kier alpha value is -1.49. The molecule has 1 N–H and O–H groups in total. The average Bonchev–Trinajstić information content (AvgIpc) is 2.81. The molecule has 0 aromatic heterocycles. The standard InChI is InChI=1S/C17H22N2O2S/c20-16-12-14(6-8-18-16)17(21)19-9-7-15(22-11-10-19)13-4-2-1-3-5-13/h1-5,14-15H,6-12H2,(H,18,20).